The minimum Gasteiger partial charge on any atom is -0.298 e. The maximum Gasteiger partial charge on any atom is 0.275 e. The molecule has 5 heteroatoms. The van der Waals surface area contributed by atoms with Crippen LogP contribution in [0.1, 0.15) is 52.4 Å². The summed E-state index contributed by atoms with van der Waals surface area (Å²) in [7, 11) is 0. The molecule has 2 saturated heterocycles. The molecule has 0 aromatic carbocycles. The molecular formula is C18H33F2N3. The molecule has 3 nitrogen and oxygen atoms in total. The summed E-state index contributed by atoms with van der Waals surface area (Å²) in [4.78, 5) is 6.56. The Kier molecular flexibility index (Phi) is 5.59. The maximum atomic E-state index is 14.8. The molecule has 134 valence electrons. The summed E-state index contributed by atoms with van der Waals surface area (Å²) >= 11 is 0. The van der Waals surface area contributed by atoms with Gasteiger partial charge in [-0.1, -0.05) is 19.3 Å². The summed E-state index contributed by atoms with van der Waals surface area (Å²) in [5.41, 5.74) is 0. The molecule has 2 heterocycles. The number of nitrogens with zero attached hydrogens (tertiary/aromatic N) is 3. The first-order valence-electron chi connectivity index (χ1n) is 9.57. The lowest BCUT2D eigenvalue weighted by Crippen LogP contribution is -2.63. The fourth-order valence-corrected chi connectivity index (χ4v) is 4.73. The summed E-state index contributed by atoms with van der Waals surface area (Å²) in [6.45, 7) is 8.65. The highest BCUT2D eigenvalue weighted by Gasteiger charge is 2.48. The van der Waals surface area contributed by atoms with E-state index in [4.69, 9.17) is 0 Å². The van der Waals surface area contributed by atoms with Crippen LogP contribution in [0.15, 0.2) is 0 Å². The van der Waals surface area contributed by atoms with Gasteiger partial charge in [-0.25, -0.2) is 8.78 Å². The van der Waals surface area contributed by atoms with Crippen molar-refractivity contribution in [3.8, 4) is 0 Å². The van der Waals surface area contributed by atoms with Gasteiger partial charge in [-0.15, -0.1) is 0 Å². The van der Waals surface area contributed by atoms with Crippen molar-refractivity contribution >= 4 is 0 Å². The first-order valence-corrected chi connectivity index (χ1v) is 9.57. The first-order chi connectivity index (χ1) is 11.0. The van der Waals surface area contributed by atoms with Crippen LogP contribution in [0.2, 0.25) is 0 Å². The Morgan fingerprint density at radius 1 is 0.826 bits per heavy atom. The zero-order valence-electron chi connectivity index (χ0n) is 14.8. The minimum absolute atomic E-state index is 0.0211. The molecule has 2 aliphatic heterocycles. The van der Waals surface area contributed by atoms with Crippen molar-refractivity contribution < 1.29 is 8.78 Å². The summed E-state index contributed by atoms with van der Waals surface area (Å²) in [6.07, 6.45) is 6.58. The Hall–Kier alpha value is -0.260. The molecule has 0 spiro atoms. The second-order valence-electron chi connectivity index (χ2n) is 7.99. The average Bonchev–Trinajstić information content (AvgIpc) is 2.55. The molecule has 0 N–H and O–H groups in total. The van der Waals surface area contributed by atoms with Crippen LogP contribution in [0.3, 0.4) is 0 Å². The van der Waals surface area contributed by atoms with Crippen molar-refractivity contribution in [1.29, 1.82) is 0 Å². The van der Waals surface area contributed by atoms with Gasteiger partial charge in [0.1, 0.15) is 0 Å². The Balaban J connectivity index is 1.56. The predicted octanol–water partition coefficient (Wildman–Crippen LogP) is 3.05. The van der Waals surface area contributed by atoms with Gasteiger partial charge < -0.3 is 0 Å². The number of likely N-dealkylation sites (tertiary alicyclic amines) is 1. The lowest BCUT2D eigenvalue weighted by molar-refractivity contribution is -0.142. The van der Waals surface area contributed by atoms with Gasteiger partial charge >= 0.3 is 0 Å². The van der Waals surface area contributed by atoms with Crippen molar-refractivity contribution in [1.82, 2.24) is 14.7 Å². The number of hydrogen-bond donors (Lipinski definition) is 0. The Morgan fingerprint density at radius 2 is 1.48 bits per heavy atom. The van der Waals surface area contributed by atoms with Crippen LogP contribution in [0.4, 0.5) is 8.78 Å². The fourth-order valence-electron chi connectivity index (χ4n) is 4.73. The van der Waals surface area contributed by atoms with Gasteiger partial charge in [0.15, 0.2) is 0 Å². The molecule has 0 bridgehead atoms. The lowest BCUT2D eigenvalue weighted by atomic mass is 9.90. The molecule has 0 aromatic rings. The second kappa shape index (κ2) is 7.32. The van der Waals surface area contributed by atoms with Gasteiger partial charge in [-0.05, 0) is 33.1 Å². The number of piperazine rings is 1. The van der Waals surface area contributed by atoms with Crippen LogP contribution in [0.5, 0.6) is 0 Å². The standard InChI is InChI=1S/C18H33F2N3/c1-15(2)21-10-12-22(13-11-21)17-8-9-23(14-18(17,19)20)16-6-4-3-5-7-16/h15-17H,3-14H2,1-2H3. The molecule has 0 radical (unpaired) electrons. The summed E-state index contributed by atoms with van der Waals surface area (Å²) in [5.74, 6) is -2.56. The third kappa shape index (κ3) is 4.05. The third-order valence-corrected chi connectivity index (χ3v) is 6.20. The molecule has 0 aromatic heterocycles. The smallest absolute Gasteiger partial charge is 0.275 e. The van der Waals surface area contributed by atoms with Crippen molar-refractivity contribution in [3.05, 3.63) is 0 Å². The molecular weight excluding hydrogens is 296 g/mol. The molecule has 0 amide bonds. The lowest BCUT2D eigenvalue weighted by Gasteiger charge is -2.48. The van der Waals surface area contributed by atoms with Gasteiger partial charge in [-0.3, -0.25) is 14.7 Å². The van der Waals surface area contributed by atoms with Crippen LogP contribution in [0, 0.1) is 0 Å². The predicted molar refractivity (Wildman–Crippen MR) is 90.1 cm³/mol. The van der Waals surface area contributed by atoms with E-state index in [0.29, 0.717) is 18.5 Å². The quantitative estimate of drug-likeness (QED) is 0.788. The van der Waals surface area contributed by atoms with Gasteiger partial charge in [-0.2, -0.15) is 0 Å². The van der Waals surface area contributed by atoms with Gasteiger partial charge in [0.05, 0.1) is 12.6 Å². The number of piperidine rings is 1. The van der Waals surface area contributed by atoms with E-state index in [0.717, 1.165) is 45.6 Å². The fraction of sp³-hybridized carbons (Fsp3) is 1.00. The van der Waals surface area contributed by atoms with Crippen molar-refractivity contribution in [2.24, 2.45) is 0 Å². The highest BCUT2D eigenvalue weighted by molar-refractivity contribution is 4.96. The molecule has 1 aliphatic carbocycles. The molecule has 3 aliphatic rings. The van der Waals surface area contributed by atoms with E-state index in [-0.39, 0.29) is 6.54 Å². The monoisotopic (exact) mass is 329 g/mol. The third-order valence-electron chi connectivity index (χ3n) is 6.20. The average molecular weight is 329 g/mol. The van der Waals surface area contributed by atoms with Gasteiger partial charge in [0.25, 0.3) is 5.92 Å². The van der Waals surface area contributed by atoms with E-state index in [2.05, 4.69) is 28.5 Å². The molecule has 3 fully saturated rings. The number of halogens is 2. The number of alkyl halides is 2. The van der Waals surface area contributed by atoms with Crippen molar-refractivity contribution in [2.45, 2.75) is 76.4 Å². The summed E-state index contributed by atoms with van der Waals surface area (Å²) in [5, 5.41) is 0. The van der Waals surface area contributed by atoms with E-state index in [1.807, 2.05) is 0 Å². The SMILES string of the molecule is CC(C)N1CCN(C2CCN(C3CCCCC3)CC2(F)F)CC1. The first kappa shape index (κ1) is 17.6. The number of hydrogen-bond acceptors (Lipinski definition) is 3. The van der Waals surface area contributed by atoms with Crippen LogP contribution in [0.25, 0.3) is 0 Å². The van der Waals surface area contributed by atoms with E-state index in [9.17, 15) is 8.78 Å². The Labute approximate surface area is 140 Å². The Morgan fingerprint density at radius 3 is 2.04 bits per heavy atom. The van der Waals surface area contributed by atoms with Crippen molar-refractivity contribution in [3.63, 3.8) is 0 Å². The molecule has 1 saturated carbocycles. The second-order valence-corrected chi connectivity index (χ2v) is 7.99. The van der Waals surface area contributed by atoms with Crippen LogP contribution >= 0.6 is 0 Å². The summed E-state index contributed by atoms with van der Waals surface area (Å²) < 4.78 is 29.6. The van der Waals surface area contributed by atoms with E-state index in [1.54, 1.807) is 0 Å². The van der Waals surface area contributed by atoms with Crippen LogP contribution < -0.4 is 0 Å². The largest absolute Gasteiger partial charge is 0.298 e. The molecule has 23 heavy (non-hydrogen) atoms. The zero-order chi connectivity index (χ0) is 16.4. The van der Waals surface area contributed by atoms with Crippen molar-refractivity contribution in [2.75, 3.05) is 39.3 Å². The topological polar surface area (TPSA) is 9.72 Å². The zero-order valence-corrected chi connectivity index (χ0v) is 14.8. The van der Waals surface area contributed by atoms with E-state index in [1.165, 1.54) is 19.3 Å². The molecule has 1 atom stereocenters. The normalized spacial score (nSPS) is 32.5. The maximum absolute atomic E-state index is 14.8. The highest BCUT2D eigenvalue weighted by Crippen LogP contribution is 2.35. The van der Waals surface area contributed by atoms with E-state index >= 15 is 0 Å². The van der Waals surface area contributed by atoms with Gasteiger partial charge in [0, 0.05) is 44.8 Å². The Bertz CT molecular complexity index is 374. The van der Waals surface area contributed by atoms with Gasteiger partial charge in [0.2, 0.25) is 0 Å². The van der Waals surface area contributed by atoms with Crippen LogP contribution in [-0.2, 0) is 0 Å². The summed E-state index contributed by atoms with van der Waals surface area (Å²) in [6, 6.07) is 0.385. The molecule has 3 rings (SSSR count). The molecule has 1 unspecified atom stereocenters. The number of rotatable bonds is 3. The van der Waals surface area contributed by atoms with E-state index < -0.39 is 12.0 Å². The highest BCUT2D eigenvalue weighted by atomic mass is 19.3. The minimum atomic E-state index is -2.56. The van der Waals surface area contributed by atoms with Crippen LogP contribution in [-0.4, -0.2) is 78.0 Å².